The summed E-state index contributed by atoms with van der Waals surface area (Å²) in [4.78, 5) is 28.7. The second-order valence-corrected chi connectivity index (χ2v) is 3.13. The summed E-state index contributed by atoms with van der Waals surface area (Å²) in [5, 5.41) is 39.5. The van der Waals surface area contributed by atoms with E-state index in [0.717, 1.165) is 0 Å². The zero-order valence-corrected chi connectivity index (χ0v) is 10.6. The van der Waals surface area contributed by atoms with Gasteiger partial charge in [0.15, 0.2) is 0 Å². The lowest BCUT2D eigenvalue weighted by molar-refractivity contribution is -0.134. The minimum absolute atomic E-state index is 0.139. The maximum absolute atomic E-state index is 9.60. The van der Waals surface area contributed by atoms with E-state index in [1.54, 1.807) is 0 Å². The Morgan fingerprint density at radius 2 is 1.32 bits per heavy atom. The van der Waals surface area contributed by atoms with Gasteiger partial charge >= 0.3 is 17.9 Å². The molecule has 0 aromatic rings. The first-order chi connectivity index (χ1) is 8.54. The lowest BCUT2D eigenvalue weighted by atomic mass is 10.4. The number of carboxylic acid groups (broad SMARTS) is 3. The second kappa shape index (κ2) is 13.9. The van der Waals surface area contributed by atoms with Crippen molar-refractivity contribution < 1.29 is 39.9 Å². The summed E-state index contributed by atoms with van der Waals surface area (Å²) in [5.74, 6) is -3.45. The van der Waals surface area contributed by atoms with Crippen LogP contribution in [0.4, 0.5) is 0 Å². The van der Waals surface area contributed by atoms with Crippen LogP contribution in [0, 0.1) is 0 Å². The Balaban J connectivity index is -0.000000209. The van der Waals surface area contributed by atoms with Gasteiger partial charge in [-0.15, -0.1) is 0 Å². The van der Waals surface area contributed by atoms with Gasteiger partial charge in [-0.1, -0.05) is 6.58 Å². The molecule has 0 spiro atoms. The minimum Gasteiger partial charge on any atom is -0.478 e. The van der Waals surface area contributed by atoms with Crippen LogP contribution in [0.25, 0.3) is 0 Å². The number of aliphatic hydroxyl groups excluding tert-OH is 2. The summed E-state index contributed by atoms with van der Waals surface area (Å²) in [7, 11) is 0. The molecule has 0 radical (unpaired) electrons. The molecule has 0 aliphatic rings. The van der Waals surface area contributed by atoms with Crippen LogP contribution in [0.1, 0.15) is 13.8 Å². The van der Waals surface area contributed by atoms with Crippen molar-refractivity contribution in [3.63, 3.8) is 0 Å². The average Bonchev–Trinajstić information content (AvgIpc) is 2.27. The number of rotatable bonds is 4. The Kier molecular flexibility index (Phi) is 16.1. The quantitative estimate of drug-likeness (QED) is 0.440. The molecule has 0 rings (SSSR count). The molecule has 8 heteroatoms. The van der Waals surface area contributed by atoms with Crippen molar-refractivity contribution in [3.8, 4) is 0 Å². The maximum Gasteiger partial charge on any atom is 0.330 e. The largest absolute Gasteiger partial charge is 0.478 e. The normalized spacial score (nSPS) is 10.3. The molecule has 0 aromatic carbocycles. The van der Waals surface area contributed by atoms with Crippen LogP contribution in [0.3, 0.4) is 0 Å². The molecule has 0 fully saturated rings. The molecule has 0 aliphatic carbocycles. The van der Waals surface area contributed by atoms with Gasteiger partial charge in [-0.05, 0) is 13.8 Å². The summed E-state index contributed by atoms with van der Waals surface area (Å²) < 4.78 is 0. The highest BCUT2D eigenvalue weighted by Gasteiger charge is 1.90. The van der Waals surface area contributed by atoms with Crippen molar-refractivity contribution in [3.05, 3.63) is 24.3 Å². The monoisotopic (exact) mass is 278 g/mol. The fraction of sp³-hybridized carbons (Fsp3) is 0.364. The van der Waals surface area contributed by atoms with E-state index in [9.17, 15) is 14.4 Å². The van der Waals surface area contributed by atoms with Crippen molar-refractivity contribution in [2.75, 3.05) is 6.61 Å². The van der Waals surface area contributed by atoms with E-state index in [-0.39, 0.29) is 12.2 Å². The third-order valence-electron chi connectivity index (χ3n) is 0.998. The van der Waals surface area contributed by atoms with Crippen LogP contribution in [-0.2, 0) is 14.4 Å². The van der Waals surface area contributed by atoms with E-state index < -0.39 is 24.0 Å². The van der Waals surface area contributed by atoms with Crippen LogP contribution in [0.2, 0.25) is 0 Å². The molecule has 0 amide bonds. The Bertz CT molecular complexity index is 302. The Hall–Kier alpha value is -2.19. The Morgan fingerprint density at radius 1 is 1.11 bits per heavy atom. The molecule has 0 aliphatic heterocycles. The van der Waals surface area contributed by atoms with Crippen LogP contribution in [0.5, 0.6) is 0 Å². The third-order valence-corrected chi connectivity index (χ3v) is 0.998. The molecule has 19 heavy (non-hydrogen) atoms. The van der Waals surface area contributed by atoms with Gasteiger partial charge in [-0.3, -0.25) is 0 Å². The number of carboxylic acids is 3. The molecular weight excluding hydrogens is 260 g/mol. The van der Waals surface area contributed by atoms with Gasteiger partial charge in [-0.2, -0.15) is 0 Å². The highest BCUT2D eigenvalue weighted by molar-refractivity contribution is 5.89. The fourth-order valence-electron chi connectivity index (χ4n) is 0.143. The lowest BCUT2D eigenvalue weighted by Crippen LogP contribution is -2.03. The van der Waals surface area contributed by atoms with Gasteiger partial charge < -0.3 is 25.5 Å². The number of aliphatic carboxylic acids is 3. The predicted octanol–water partition coefficient (Wildman–Crippen LogP) is -0.282. The van der Waals surface area contributed by atoms with Crippen LogP contribution in [0.15, 0.2) is 24.3 Å². The number of hydrogen-bond acceptors (Lipinski definition) is 5. The van der Waals surface area contributed by atoms with E-state index in [0.29, 0.717) is 12.2 Å². The van der Waals surface area contributed by atoms with E-state index >= 15 is 0 Å². The molecule has 0 aromatic heterocycles. The molecule has 110 valence electrons. The van der Waals surface area contributed by atoms with Crippen molar-refractivity contribution in [1.29, 1.82) is 0 Å². The SMILES string of the molecule is C=C(C)C(=O)O.CC(O)CO.O=C(O)C=CC(=O)O. The summed E-state index contributed by atoms with van der Waals surface area (Å²) in [5.41, 5.74) is 0.176. The van der Waals surface area contributed by atoms with Crippen LogP contribution in [-0.4, -0.2) is 56.2 Å². The average molecular weight is 278 g/mol. The molecule has 5 N–H and O–H groups in total. The maximum atomic E-state index is 9.60. The topological polar surface area (TPSA) is 152 Å². The first-order valence-electron chi connectivity index (χ1n) is 4.86. The highest BCUT2D eigenvalue weighted by Crippen LogP contribution is 1.81. The highest BCUT2D eigenvalue weighted by atomic mass is 16.4. The number of aliphatic hydroxyl groups is 2. The van der Waals surface area contributed by atoms with Gasteiger partial charge in [0.1, 0.15) is 0 Å². The van der Waals surface area contributed by atoms with Gasteiger partial charge in [0.25, 0.3) is 0 Å². The smallest absolute Gasteiger partial charge is 0.330 e. The molecule has 1 atom stereocenters. The second-order valence-electron chi connectivity index (χ2n) is 3.13. The Labute approximate surface area is 109 Å². The first-order valence-corrected chi connectivity index (χ1v) is 4.86. The third kappa shape index (κ3) is 38.8. The molecular formula is C11H18O8. The van der Waals surface area contributed by atoms with E-state index in [1.807, 2.05) is 0 Å². The van der Waals surface area contributed by atoms with Crippen LogP contribution < -0.4 is 0 Å². The fourth-order valence-corrected chi connectivity index (χ4v) is 0.143. The minimum atomic E-state index is -1.26. The zero-order valence-electron chi connectivity index (χ0n) is 10.6. The standard InChI is InChI=1S/C4H4O4.C4H6O2.C3H8O2/c5-3(6)1-2-4(7)8;1-3(2)4(5)6;1-3(5)2-4/h1-2H,(H,5,6)(H,7,8);1H2,2H3,(H,5,6);3-5H,2H2,1H3. The molecule has 0 saturated heterocycles. The Morgan fingerprint density at radius 3 is 1.37 bits per heavy atom. The van der Waals surface area contributed by atoms with E-state index in [2.05, 4.69) is 6.58 Å². The van der Waals surface area contributed by atoms with Crippen molar-refractivity contribution >= 4 is 17.9 Å². The van der Waals surface area contributed by atoms with E-state index in [1.165, 1.54) is 13.8 Å². The van der Waals surface area contributed by atoms with Crippen molar-refractivity contribution in [2.24, 2.45) is 0 Å². The lowest BCUT2D eigenvalue weighted by Gasteiger charge is -1.90. The summed E-state index contributed by atoms with van der Waals surface area (Å²) in [6.45, 7) is 5.99. The van der Waals surface area contributed by atoms with Gasteiger partial charge in [0.05, 0.1) is 12.7 Å². The summed E-state index contributed by atoms with van der Waals surface area (Å²) >= 11 is 0. The van der Waals surface area contributed by atoms with Crippen molar-refractivity contribution in [2.45, 2.75) is 20.0 Å². The molecule has 1 unspecified atom stereocenters. The number of hydrogen-bond donors (Lipinski definition) is 5. The van der Waals surface area contributed by atoms with E-state index in [4.69, 9.17) is 25.5 Å². The first kappa shape index (κ1) is 22.0. The van der Waals surface area contributed by atoms with Crippen molar-refractivity contribution in [1.82, 2.24) is 0 Å². The number of carbonyl (C=O) groups is 3. The summed E-state index contributed by atoms with van der Waals surface area (Å²) in [6, 6.07) is 0. The molecule has 0 saturated carbocycles. The van der Waals surface area contributed by atoms with Gasteiger partial charge in [0, 0.05) is 17.7 Å². The molecule has 0 heterocycles. The van der Waals surface area contributed by atoms with Gasteiger partial charge in [-0.25, -0.2) is 14.4 Å². The van der Waals surface area contributed by atoms with Gasteiger partial charge in [0.2, 0.25) is 0 Å². The zero-order chi connectivity index (χ0) is 16.0. The molecule has 0 bridgehead atoms. The molecule has 8 nitrogen and oxygen atoms in total. The van der Waals surface area contributed by atoms with Crippen LogP contribution >= 0.6 is 0 Å². The predicted molar refractivity (Wildman–Crippen MR) is 65.6 cm³/mol. The summed E-state index contributed by atoms with van der Waals surface area (Å²) in [6.07, 6.45) is 0.556.